The Labute approximate surface area is 93.6 Å². The fraction of sp³-hybridized carbons (Fsp3) is 0.500. The molecule has 1 aromatic carbocycles. The van der Waals surface area contributed by atoms with Crippen LogP contribution in [-0.4, -0.2) is 20.2 Å². The maximum Gasteiger partial charge on any atom is 0.135 e. The van der Waals surface area contributed by atoms with Crippen LogP contribution in [0.2, 0.25) is 0 Å². The lowest BCUT2D eigenvalue weighted by Crippen LogP contribution is -2.10. The quantitative estimate of drug-likeness (QED) is 0.854. The molecule has 1 aliphatic heterocycles. The van der Waals surface area contributed by atoms with Crippen LogP contribution in [0.3, 0.4) is 0 Å². The summed E-state index contributed by atoms with van der Waals surface area (Å²) >= 11 is 0. The summed E-state index contributed by atoms with van der Waals surface area (Å²) in [6.07, 6.45) is 0.898. The van der Waals surface area contributed by atoms with Crippen molar-refractivity contribution in [1.29, 1.82) is 0 Å². The predicted molar refractivity (Wildman–Crippen MR) is 57.3 cm³/mol. The van der Waals surface area contributed by atoms with Crippen LogP contribution in [0.15, 0.2) is 12.1 Å². The topological polar surface area (TPSA) is 21.3 Å². The molecule has 2 rings (SSSR count). The molecule has 2 nitrogen and oxygen atoms in total. The number of benzene rings is 1. The normalized spacial score (nSPS) is 20.3. The standard InChI is InChI=1S/C12H15F2NO/c1-16-7-10-11(13)3-2-9(12(10)14)8-4-5-15-6-8/h2-3,8,15H,4-7H2,1H3. The molecule has 0 spiro atoms. The molecule has 1 aromatic rings. The third-order valence-corrected chi connectivity index (χ3v) is 3.00. The van der Waals surface area contributed by atoms with Gasteiger partial charge in [0, 0.05) is 25.1 Å². The monoisotopic (exact) mass is 227 g/mol. The van der Waals surface area contributed by atoms with E-state index in [4.69, 9.17) is 4.74 Å². The van der Waals surface area contributed by atoms with Gasteiger partial charge in [0.1, 0.15) is 11.6 Å². The van der Waals surface area contributed by atoms with Crippen molar-refractivity contribution in [2.45, 2.75) is 18.9 Å². The zero-order valence-corrected chi connectivity index (χ0v) is 9.22. The van der Waals surface area contributed by atoms with Crippen LogP contribution in [-0.2, 0) is 11.3 Å². The van der Waals surface area contributed by atoms with Crippen LogP contribution in [0.5, 0.6) is 0 Å². The fourth-order valence-corrected chi connectivity index (χ4v) is 2.13. The molecule has 1 aliphatic rings. The zero-order valence-electron chi connectivity index (χ0n) is 9.22. The summed E-state index contributed by atoms with van der Waals surface area (Å²) in [4.78, 5) is 0. The van der Waals surface area contributed by atoms with Gasteiger partial charge in [-0.2, -0.15) is 0 Å². The third-order valence-electron chi connectivity index (χ3n) is 3.00. The molecule has 1 fully saturated rings. The summed E-state index contributed by atoms with van der Waals surface area (Å²) in [5.74, 6) is -0.833. The molecule has 1 saturated heterocycles. The van der Waals surface area contributed by atoms with E-state index in [1.54, 1.807) is 6.07 Å². The Morgan fingerprint density at radius 3 is 2.88 bits per heavy atom. The van der Waals surface area contributed by atoms with E-state index in [-0.39, 0.29) is 18.1 Å². The number of nitrogens with one attached hydrogen (secondary N) is 1. The first-order valence-electron chi connectivity index (χ1n) is 5.40. The van der Waals surface area contributed by atoms with E-state index in [1.165, 1.54) is 13.2 Å². The van der Waals surface area contributed by atoms with Crippen molar-refractivity contribution >= 4 is 0 Å². The fourth-order valence-electron chi connectivity index (χ4n) is 2.13. The third kappa shape index (κ3) is 2.08. The maximum atomic E-state index is 14.0. The van der Waals surface area contributed by atoms with E-state index in [1.807, 2.05) is 0 Å². The summed E-state index contributed by atoms with van der Waals surface area (Å²) < 4.78 is 32.2. The number of halogens is 2. The van der Waals surface area contributed by atoms with Crippen molar-refractivity contribution < 1.29 is 13.5 Å². The molecule has 1 atom stereocenters. The van der Waals surface area contributed by atoms with Gasteiger partial charge in [-0.25, -0.2) is 8.78 Å². The Kier molecular flexibility index (Phi) is 3.51. The van der Waals surface area contributed by atoms with Crippen LogP contribution < -0.4 is 5.32 Å². The predicted octanol–water partition coefficient (Wildman–Crippen LogP) is 2.19. The molecule has 16 heavy (non-hydrogen) atoms. The van der Waals surface area contributed by atoms with E-state index >= 15 is 0 Å². The maximum absolute atomic E-state index is 14.0. The lowest BCUT2D eigenvalue weighted by atomic mass is 9.95. The Balaban J connectivity index is 2.35. The van der Waals surface area contributed by atoms with Gasteiger partial charge in [-0.15, -0.1) is 0 Å². The Morgan fingerprint density at radius 2 is 2.25 bits per heavy atom. The number of hydrogen-bond donors (Lipinski definition) is 1. The van der Waals surface area contributed by atoms with Crippen molar-refractivity contribution in [3.63, 3.8) is 0 Å². The molecule has 0 saturated carbocycles. The van der Waals surface area contributed by atoms with Crippen LogP contribution in [0.1, 0.15) is 23.5 Å². The molecule has 0 bridgehead atoms. The molecule has 1 heterocycles. The molecular weight excluding hydrogens is 212 g/mol. The first kappa shape index (κ1) is 11.5. The highest BCUT2D eigenvalue weighted by molar-refractivity contribution is 5.30. The number of methoxy groups -OCH3 is 1. The molecule has 0 aromatic heterocycles. The van der Waals surface area contributed by atoms with Crippen LogP contribution in [0.4, 0.5) is 8.78 Å². The molecule has 0 amide bonds. The van der Waals surface area contributed by atoms with Gasteiger partial charge < -0.3 is 10.1 Å². The Hall–Kier alpha value is -1.00. The van der Waals surface area contributed by atoms with Crippen LogP contribution in [0, 0.1) is 11.6 Å². The van der Waals surface area contributed by atoms with Gasteiger partial charge in [-0.05, 0) is 24.6 Å². The number of rotatable bonds is 3. The zero-order chi connectivity index (χ0) is 11.5. The van der Waals surface area contributed by atoms with Gasteiger partial charge in [0.25, 0.3) is 0 Å². The SMILES string of the molecule is COCc1c(F)ccc(C2CCNC2)c1F. The van der Waals surface area contributed by atoms with Crippen molar-refractivity contribution in [2.75, 3.05) is 20.2 Å². The second-order valence-electron chi connectivity index (χ2n) is 4.05. The summed E-state index contributed by atoms with van der Waals surface area (Å²) in [6, 6.07) is 2.87. The molecular formula is C12H15F2NO. The van der Waals surface area contributed by atoms with Crippen molar-refractivity contribution in [1.82, 2.24) is 5.32 Å². The Morgan fingerprint density at radius 1 is 1.44 bits per heavy atom. The molecule has 1 unspecified atom stereocenters. The average Bonchev–Trinajstić information content (AvgIpc) is 2.77. The minimum Gasteiger partial charge on any atom is -0.380 e. The lowest BCUT2D eigenvalue weighted by molar-refractivity contribution is 0.177. The highest BCUT2D eigenvalue weighted by atomic mass is 19.1. The van der Waals surface area contributed by atoms with Gasteiger partial charge in [0.15, 0.2) is 0 Å². The van der Waals surface area contributed by atoms with Crippen LogP contribution >= 0.6 is 0 Å². The second kappa shape index (κ2) is 4.89. The molecule has 1 N–H and O–H groups in total. The largest absolute Gasteiger partial charge is 0.380 e. The van der Waals surface area contributed by atoms with Crippen molar-refractivity contribution in [3.05, 3.63) is 34.9 Å². The first-order valence-corrected chi connectivity index (χ1v) is 5.40. The van der Waals surface area contributed by atoms with E-state index in [0.29, 0.717) is 5.56 Å². The minimum absolute atomic E-state index is 0.0222. The van der Waals surface area contributed by atoms with Gasteiger partial charge in [0.05, 0.1) is 6.61 Å². The van der Waals surface area contributed by atoms with E-state index in [2.05, 4.69) is 5.32 Å². The van der Waals surface area contributed by atoms with E-state index < -0.39 is 11.6 Å². The Bertz CT molecular complexity index is 376. The molecule has 0 radical (unpaired) electrons. The van der Waals surface area contributed by atoms with Gasteiger partial charge in [-0.1, -0.05) is 6.07 Å². The van der Waals surface area contributed by atoms with Crippen LogP contribution in [0.25, 0.3) is 0 Å². The summed E-state index contributed by atoms with van der Waals surface area (Å²) in [7, 11) is 1.43. The van der Waals surface area contributed by atoms with Crippen molar-refractivity contribution in [3.8, 4) is 0 Å². The number of ether oxygens (including phenoxy) is 1. The molecule has 0 aliphatic carbocycles. The second-order valence-corrected chi connectivity index (χ2v) is 4.05. The molecule has 88 valence electrons. The highest BCUT2D eigenvalue weighted by Crippen LogP contribution is 2.28. The van der Waals surface area contributed by atoms with E-state index in [9.17, 15) is 8.78 Å². The first-order chi connectivity index (χ1) is 7.74. The average molecular weight is 227 g/mol. The molecule has 4 heteroatoms. The van der Waals surface area contributed by atoms with Gasteiger partial charge in [-0.3, -0.25) is 0 Å². The summed E-state index contributed by atoms with van der Waals surface area (Å²) in [6.45, 7) is 1.63. The van der Waals surface area contributed by atoms with Gasteiger partial charge >= 0.3 is 0 Å². The smallest absolute Gasteiger partial charge is 0.135 e. The summed E-state index contributed by atoms with van der Waals surface area (Å²) in [5.41, 5.74) is 0.630. The minimum atomic E-state index is -0.533. The van der Waals surface area contributed by atoms with E-state index in [0.717, 1.165) is 19.5 Å². The van der Waals surface area contributed by atoms with Crippen molar-refractivity contribution in [2.24, 2.45) is 0 Å². The highest BCUT2D eigenvalue weighted by Gasteiger charge is 2.23. The summed E-state index contributed by atoms with van der Waals surface area (Å²) in [5, 5.41) is 3.17. The lowest BCUT2D eigenvalue weighted by Gasteiger charge is -2.13. The van der Waals surface area contributed by atoms with Gasteiger partial charge in [0.2, 0.25) is 0 Å². The number of hydrogen-bond acceptors (Lipinski definition) is 2.